The molecule has 1 aliphatic rings. The highest BCUT2D eigenvalue weighted by Gasteiger charge is 2.14. The van der Waals surface area contributed by atoms with Crippen LogP contribution in [0, 0.1) is 22.7 Å². The van der Waals surface area contributed by atoms with Crippen LogP contribution in [0.3, 0.4) is 0 Å². The van der Waals surface area contributed by atoms with E-state index in [1.54, 1.807) is 6.07 Å². The molecule has 25 heavy (non-hydrogen) atoms. The molecule has 1 fully saturated rings. The summed E-state index contributed by atoms with van der Waals surface area (Å²) in [5.41, 5.74) is 2.58. The molecule has 2 heterocycles. The number of nitrogens with zero attached hydrogens (tertiary/aromatic N) is 6. The number of nitrogens with one attached hydrogen (secondary N) is 2. The van der Waals surface area contributed by atoms with Crippen LogP contribution < -0.4 is 10.2 Å². The zero-order valence-corrected chi connectivity index (χ0v) is 13.7. The summed E-state index contributed by atoms with van der Waals surface area (Å²) in [5, 5.41) is 35.0. The van der Waals surface area contributed by atoms with Gasteiger partial charge in [0.05, 0.1) is 11.3 Å². The summed E-state index contributed by atoms with van der Waals surface area (Å²) in [6, 6.07) is 9.95. The Balaban J connectivity index is 1.80. The summed E-state index contributed by atoms with van der Waals surface area (Å²) in [5.74, 6) is 0.219. The lowest BCUT2D eigenvalue weighted by Crippen LogP contribution is -2.24. The summed E-state index contributed by atoms with van der Waals surface area (Å²) in [4.78, 5) is 2.28. The molecular weight excluding hydrogens is 316 g/mol. The van der Waals surface area contributed by atoms with E-state index >= 15 is 0 Å². The lowest BCUT2D eigenvalue weighted by molar-refractivity contribution is 0.726. The molecule has 0 aliphatic carbocycles. The Morgan fingerprint density at radius 1 is 1.20 bits per heavy atom. The molecule has 0 saturated carbocycles. The molecule has 0 unspecified atom stereocenters. The van der Waals surface area contributed by atoms with Gasteiger partial charge in [0.15, 0.2) is 0 Å². The molecule has 0 amide bonds. The Morgan fingerprint density at radius 3 is 2.64 bits per heavy atom. The van der Waals surface area contributed by atoms with Gasteiger partial charge in [0.1, 0.15) is 17.7 Å². The number of hydrogen-bond donors (Lipinski definition) is 2. The minimum atomic E-state index is 0.219. The molecule has 1 aliphatic heterocycles. The molecule has 126 valence electrons. The van der Waals surface area contributed by atoms with Crippen molar-refractivity contribution in [1.82, 2.24) is 20.6 Å². The van der Waals surface area contributed by atoms with E-state index in [1.165, 1.54) is 19.0 Å². The van der Waals surface area contributed by atoms with Crippen molar-refractivity contribution in [3.05, 3.63) is 35.8 Å². The number of rotatable bonds is 4. The third-order valence-electron chi connectivity index (χ3n) is 4.15. The summed E-state index contributed by atoms with van der Waals surface area (Å²) in [6.07, 6.45) is 6.31. The highest BCUT2D eigenvalue weighted by molar-refractivity contribution is 5.75. The van der Waals surface area contributed by atoms with Gasteiger partial charge in [-0.05, 0) is 36.3 Å². The van der Waals surface area contributed by atoms with E-state index in [0.717, 1.165) is 37.3 Å². The van der Waals surface area contributed by atoms with Gasteiger partial charge in [-0.15, -0.1) is 10.2 Å². The molecule has 2 N–H and O–H groups in total. The smallest absolute Gasteiger partial charge is 0.216 e. The Hall–Kier alpha value is -3.39. The molecule has 3 rings (SSSR count). The van der Waals surface area contributed by atoms with Crippen LogP contribution in [0.4, 0.5) is 11.4 Å². The van der Waals surface area contributed by atoms with Crippen molar-refractivity contribution in [2.75, 3.05) is 23.3 Å². The van der Waals surface area contributed by atoms with Crippen molar-refractivity contribution in [1.29, 1.82) is 10.5 Å². The van der Waals surface area contributed by atoms with Crippen molar-refractivity contribution in [2.45, 2.75) is 25.7 Å². The number of allylic oxidation sites excluding steroid dienone is 1. The minimum absolute atomic E-state index is 0.219. The van der Waals surface area contributed by atoms with Gasteiger partial charge in [-0.2, -0.15) is 15.7 Å². The second kappa shape index (κ2) is 7.93. The Kier molecular flexibility index (Phi) is 5.22. The van der Waals surface area contributed by atoms with Crippen molar-refractivity contribution >= 4 is 16.9 Å². The number of benzene rings is 1. The van der Waals surface area contributed by atoms with Crippen LogP contribution in [-0.4, -0.2) is 33.7 Å². The van der Waals surface area contributed by atoms with Gasteiger partial charge >= 0.3 is 0 Å². The van der Waals surface area contributed by atoms with Crippen molar-refractivity contribution in [2.24, 2.45) is 0 Å². The third kappa shape index (κ3) is 3.93. The van der Waals surface area contributed by atoms with E-state index in [9.17, 15) is 10.5 Å². The normalized spacial score (nSPS) is 15.1. The first kappa shape index (κ1) is 16.5. The number of anilines is 2. The molecule has 0 radical (unpaired) electrons. The molecule has 8 heteroatoms. The lowest BCUT2D eigenvalue weighted by Gasteiger charge is -2.24. The maximum absolute atomic E-state index is 9.51. The predicted molar refractivity (Wildman–Crippen MR) is 93.2 cm³/mol. The molecule has 0 bridgehead atoms. The fraction of sp³-hybridized carbons (Fsp3) is 0.353. The number of aromatic nitrogens is 4. The molecule has 8 nitrogen and oxygen atoms in total. The van der Waals surface area contributed by atoms with Crippen LogP contribution in [0.2, 0.25) is 0 Å². The highest BCUT2D eigenvalue weighted by Crippen LogP contribution is 2.26. The average molecular weight is 334 g/mol. The first-order valence-corrected chi connectivity index (χ1v) is 8.21. The Bertz CT molecular complexity index is 817. The first-order valence-electron chi connectivity index (χ1n) is 8.21. The molecular formula is C17H18N8. The zero-order valence-electron chi connectivity index (χ0n) is 13.7. The van der Waals surface area contributed by atoms with Gasteiger partial charge < -0.3 is 10.2 Å². The molecule has 2 aromatic rings. The summed E-state index contributed by atoms with van der Waals surface area (Å²) >= 11 is 0. The average Bonchev–Trinajstić information content (AvgIpc) is 3.04. The first-order chi connectivity index (χ1) is 12.3. The molecule has 1 saturated heterocycles. The molecule has 1 aromatic carbocycles. The molecule has 0 atom stereocenters. The van der Waals surface area contributed by atoms with Gasteiger partial charge in [0.25, 0.3) is 0 Å². The topological polar surface area (TPSA) is 117 Å². The van der Waals surface area contributed by atoms with Crippen molar-refractivity contribution in [3.63, 3.8) is 0 Å². The van der Waals surface area contributed by atoms with Gasteiger partial charge in [0, 0.05) is 25.0 Å². The monoisotopic (exact) mass is 334 g/mol. The maximum Gasteiger partial charge on any atom is 0.216 e. The van der Waals surface area contributed by atoms with Crippen LogP contribution in [0.1, 0.15) is 37.1 Å². The fourth-order valence-electron chi connectivity index (χ4n) is 2.88. The van der Waals surface area contributed by atoms with E-state index in [0.29, 0.717) is 5.56 Å². The van der Waals surface area contributed by atoms with Gasteiger partial charge in [-0.3, -0.25) is 0 Å². The van der Waals surface area contributed by atoms with E-state index in [2.05, 4.69) is 36.9 Å². The van der Waals surface area contributed by atoms with E-state index in [-0.39, 0.29) is 11.4 Å². The second-order valence-electron chi connectivity index (χ2n) is 5.79. The third-order valence-corrected chi connectivity index (χ3v) is 4.15. The van der Waals surface area contributed by atoms with E-state index < -0.39 is 0 Å². The van der Waals surface area contributed by atoms with E-state index in [1.807, 2.05) is 18.2 Å². The summed E-state index contributed by atoms with van der Waals surface area (Å²) in [6.45, 7) is 1.97. The SMILES string of the molecule is N#CC(=CNc1ccc(N2CCCCCC2)c(C#N)c1)c1nn[nH]n1. The fourth-order valence-corrected chi connectivity index (χ4v) is 2.88. The number of tetrazole rings is 1. The quantitative estimate of drug-likeness (QED) is 0.824. The predicted octanol–water partition coefficient (Wildman–Crippen LogP) is 2.43. The van der Waals surface area contributed by atoms with Gasteiger partial charge in [-0.25, -0.2) is 0 Å². The molecule has 1 aromatic heterocycles. The van der Waals surface area contributed by atoms with Crippen LogP contribution in [-0.2, 0) is 0 Å². The summed E-state index contributed by atoms with van der Waals surface area (Å²) in [7, 11) is 0. The van der Waals surface area contributed by atoms with Crippen LogP contribution >= 0.6 is 0 Å². The Labute approximate surface area is 145 Å². The zero-order chi connectivity index (χ0) is 17.5. The number of hydrogen-bond acceptors (Lipinski definition) is 7. The number of aromatic amines is 1. The minimum Gasteiger partial charge on any atom is -0.370 e. The summed E-state index contributed by atoms with van der Waals surface area (Å²) < 4.78 is 0. The standard InChI is InChI=1S/C17H18N8/c18-10-13-9-15(20-12-14(11-19)17-21-23-24-22-17)5-6-16(13)25-7-3-1-2-4-8-25/h5-6,9,12,20H,1-4,7-8H2,(H,21,22,23,24). The van der Waals surface area contributed by atoms with Crippen molar-refractivity contribution in [3.8, 4) is 12.1 Å². The lowest BCUT2D eigenvalue weighted by atomic mass is 10.1. The van der Waals surface area contributed by atoms with Crippen LogP contribution in [0.15, 0.2) is 24.4 Å². The van der Waals surface area contributed by atoms with Crippen LogP contribution in [0.5, 0.6) is 0 Å². The highest BCUT2D eigenvalue weighted by atomic mass is 15.5. The van der Waals surface area contributed by atoms with Gasteiger partial charge in [0.2, 0.25) is 5.82 Å². The van der Waals surface area contributed by atoms with Gasteiger partial charge in [-0.1, -0.05) is 12.8 Å². The van der Waals surface area contributed by atoms with Crippen LogP contribution in [0.25, 0.3) is 5.57 Å². The van der Waals surface area contributed by atoms with Crippen molar-refractivity contribution < 1.29 is 0 Å². The maximum atomic E-state index is 9.51. The second-order valence-corrected chi connectivity index (χ2v) is 5.79. The largest absolute Gasteiger partial charge is 0.370 e. The molecule has 0 spiro atoms. The number of nitriles is 2. The van der Waals surface area contributed by atoms with E-state index in [4.69, 9.17) is 0 Å². The Morgan fingerprint density at radius 2 is 2.00 bits per heavy atom. The number of H-pyrrole nitrogens is 1.